The molecule has 3 rings (SSSR count). The topological polar surface area (TPSA) is 21.3 Å². The first-order valence-corrected chi connectivity index (χ1v) is 7.14. The summed E-state index contributed by atoms with van der Waals surface area (Å²) in [7, 11) is 0. The molecule has 2 aliphatic heterocycles. The van der Waals surface area contributed by atoms with Crippen LogP contribution in [-0.4, -0.2) is 26.3 Å². The zero-order valence-electron chi connectivity index (χ0n) is 11.2. The minimum absolute atomic E-state index is 0.314. The fourth-order valence-electron chi connectivity index (χ4n) is 3.36. The molecule has 0 aliphatic carbocycles. The first kappa shape index (κ1) is 12.2. The van der Waals surface area contributed by atoms with Gasteiger partial charge in [0.1, 0.15) is 0 Å². The first-order chi connectivity index (χ1) is 8.78. The first-order valence-electron chi connectivity index (χ1n) is 7.14. The molecule has 2 heterocycles. The van der Waals surface area contributed by atoms with Crippen LogP contribution in [0.2, 0.25) is 0 Å². The van der Waals surface area contributed by atoms with Crippen LogP contribution in [0.4, 0.5) is 0 Å². The second-order valence-corrected chi connectivity index (χ2v) is 6.04. The van der Waals surface area contributed by atoms with Gasteiger partial charge in [0.2, 0.25) is 0 Å². The fraction of sp³-hybridized carbons (Fsp3) is 0.625. The molecule has 0 bridgehead atoms. The van der Waals surface area contributed by atoms with Gasteiger partial charge in [-0.2, -0.15) is 0 Å². The summed E-state index contributed by atoms with van der Waals surface area (Å²) in [5.41, 5.74) is 3.17. The van der Waals surface area contributed by atoms with E-state index in [1.807, 2.05) is 0 Å². The van der Waals surface area contributed by atoms with Crippen LogP contribution in [0.15, 0.2) is 24.3 Å². The summed E-state index contributed by atoms with van der Waals surface area (Å²) in [6, 6.07) is 9.01. The number of aryl methyl sites for hydroxylation is 1. The van der Waals surface area contributed by atoms with Gasteiger partial charge in [0.25, 0.3) is 0 Å². The van der Waals surface area contributed by atoms with Crippen LogP contribution >= 0.6 is 0 Å². The van der Waals surface area contributed by atoms with Gasteiger partial charge in [0.15, 0.2) is 0 Å². The van der Waals surface area contributed by atoms with E-state index in [0.29, 0.717) is 5.41 Å². The standard InChI is InChI=1S/C16H23NO/c1-13-3-2-4-15(9-13)16(11-18-12-16)10-14-5-7-17-8-6-14/h2-4,9,14,17H,5-8,10-12H2,1H3. The molecule has 98 valence electrons. The number of hydrogen-bond donors (Lipinski definition) is 1. The lowest BCUT2D eigenvalue weighted by Crippen LogP contribution is -2.49. The van der Waals surface area contributed by atoms with Crippen molar-refractivity contribution in [1.82, 2.24) is 5.32 Å². The van der Waals surface area contributed by atoms with Crippen LogP contribution < -0.4 is 5.32 Å². The molecule has 2 aliphatic rings. The van der Waals surface area contributed by atoms with E-state index < -0.39 is 0 Å². The smallest absolute Gasteiger partial charge is 0.0585 e. The molecule has 0 amide bonds. The summed E-state index contributed by atoms with van der Waals surface area (Å²) in [6.45, 7) is 6.40. The van der Waals surface area contributed by atoms with Gasteiger partial charge in [-0.15, -0.1) is 0 Å². The molecule has 1 aromatic rings. The van der Waals surface area contributed by atoms with Crippen molar-refractivity contribution in [3.05, 3.63) is 35.4 Å². The molecular formula is C16H23NO. The summed E-state index contributed by atoms with van der Waals surface area (Å²) in [6.07, 6.45) is 3.96. The highest BCUT2D eigenvalue weighted by molar-refractivity contribution is 5.31. The second-order valence-electron chi connectivity index (χ2n) is 6.04. The molecule has 0 saturated carbocycles. The normalized spacial score (nSPS) is 23.6. The minimum Gasteiger partial charge on any atom is -0.379 e. The van der Waals surface area contributed by atoms with Crippen LogP contribution in [-0.2, 0) is 10.2 Å². The molecule has 2 nitrogen and oxygen atoms in total. The minimum atomic E-state index is 0.314. The van der Waals surface area contributed by atoms with E-state index in [2.05, 4.69) is 36.5 Å². The number of nitrogens with one attached hydrogen (secondary N) is 1. The Kier molecular flexibility index (Phi) is 3.40. The van der Waals surface area contributed by atoms with Crippen LogP contribution in [0.25, 0.3) is 0 Å². The molecule has 0 atom stereocenters. The molecule has 1 N–H and O–H groups in total. The molecule has 2 fully saturated rings. The Labute approximate surface area is 110 Å². The Bertz CT molecular complexity index is 405. The number of benzene rings is 1. The molecule has 0 aromatic heterocycles. The van der Waals surface area contributed by atoms with Gasteiger partial charge < -0.3 is 10.1 Å². The molecule has 18 heavy (non-hydrogen) atoms. The van der Waals surface area contributed by atoms with Crippen molar-refractivity contribution < 1.29 is 4.74 Å². The lowest BCUT2D eigenvalue weighted by atomic mass is 9.70. The molecule has 1 aromatic carbocycles. The summed E-state index contributed by atoms with van der Waals surface area (Å²) in [5.74, 6) is 0.871. The molecule has 0 spiro atoms. The highest BCUT2D eigenvalue weighted by atomic mass is 16.5. The fourth-order valence-corrected chi connectivity index (χ4v) is 3.36. The van der Waals surface area contributed by atoms with Crippen LogP contribution in [0.1, 0.15) is 30.4 Å². The third-order valence-corrected chi connectivity index (χ3v) is 4.53. The Morgan fingerprint density at radius 3 is 2.67 bits per heavy atom. The largest absolute Gasteiger partial charge is 0.379 e. The van der Waals surface area contributed by atoms with Crippen molar-refractivity contribution in [3.63, 3.8) is 0 Å². The van der Waals surface area contributed by atoms with E-state index >= 15 is 0 Å². The summed E-state index contributed by atoms with van der Waals surface area (Å²) in [5, 5.41) is 3.45. The average molecular weight is 245 g/mol. The van der Waals surface area contributed by atoms with E-state index in [-0.39, 0.29) is 0 Å². The number of ether oxygens (including phenoxy) is 1. The maximum absolute atomic E-state index is 5.56. The van der Waals surface area contributed by atoms with Crippen molar-refractivity contribution in [1.29, 1.82) is 0 Å². The zero-order chi connectivity index (χ0) is 12.4. The lowest BCUT2D eigenvalue weighted by Gasteiger charge is -2.45. The van der Waals surface area contributed by atoms with E-state index in [9.17, 15) is 0 Å². The van der Waals surface area contributed by atoms with E-state index in [1.54, 1.807) is 0 Å². The van der Waals surface area contributed by atoms with Gasteiger partial charge in [0.05, 0.1) is 13.2 Å². The third-order valence-electron chi connectivity index (χ3n) is 4.53. The lowest BCUT2D eigenvalue weighted by molar-refractivity contribution is -0.0731. The molecule has 2 saturated heterocycles. The van der Waals surface area contributed by atoms with E-state index in [0.717, 1.165) is 19.1 Å². The van der Waals surface area contributed by atoms with Gasteiger partial charge in [-0.05, 0) is 50.8 Å². The van der Waals surface area contributed by atoms with Crippen molar-refractivity contribution in [3.8, 4) is 0 Å². The van der Waals surface area contributed by atoms with Crippen LogP contribution in [0.5, 0.6) is 0 Å². The highest BCUT2D eigenvalue weighted by Gasteiger charge is 2.42. The third kappa shape index (κ3) is 2.32. The van der Waals surface area contributed by atoms with E-state index in [1.165, 1.54) is 43.5 Å². The SMILES string of the molecule is Cc1cccc(C2(CC3CCNCC3)COC2)c1. The quantitative estimate of drug-likeness (QED) is 0.884. The van der Waals surface area contributed by atoms with Crippen molar-refractivity contribution in [2.75, 3.05) is 26.3 Å². The molecule has 2 heteroatoms. The van der Waals surface area contributed by atoms with Gasteiger partial charge in [-0.1, -0.05) is 29.8 Å². The van der Waals surface area contributed by atoms with Crippen molar-refractivity contribution in [2.45, 2.75) is 31.6 Å². The van der Waals surface area contributed by atoms with Crippen molar-refractivity contribution in [2.24, 2.45) is 5.92 Å². The number of hydrogen-bond acceptors (Lipinski definition) is 2. The zero-order valence-corrected chi connectivity index (χ0v) is 11.2. The summed E-state index contributed by atoms with van der Waals surface area (Å²) >= 11 is 0. The predicted octanol–water partition coefficient (Wildman–Crippen LogP) is 2.65. The Balaban J connectivity index is 1.77. The maximum Gasteiger partial charge on any atom is 0.0585 e. The van der Waals surface area contributed by atoms with Gasteiger partial charge >= 0.3 is 0 Å². The molecular weight excluding hydrogens is 222 g/mol. The Morgan fingerprint density at radius 1 is 1.28 bits per heavy atom. The Hall–Kier alpha value is -0.860. The monoisotopic (exact) mass is 245 g/mol. The highest BCUT2D eigenvalue weighted by Crippen LogP contribution is 2.40. The summed E-state index contributed by atoms with van der Waals surface area (Å²) < 4.78 is 5.56. The van der Waals surface area contributed by atoms with Gasteiger partial charge in [-0.3, -0.25) is 0 Å². The molecule has 0 unspecified atom stereocenters. The predicted molar refractivity (Wildman–Crippen MR) is 73.9 cm³/mol. The second kappa shape index (κ2) is 5.02. The van der Waals surface area contributed by atoms with E-state index in [4.69, 9.17) is 4.74 Å². The Morgan fingerprint density at radius 2 is 2.06 bits per heavy atom. The maximum atomic E-state index is 5.56. The number of piperidine rings is 1. The van der Waals surface area contributed by atoms with Gasteiger partial charge in [-0.25, -0.2) is 0 Å². The average Bonchev–Trinajstić information content (AvgIpc) is 2.35. The van der Waals surface area contributed by atoms with Crippen LogP contribution in [0, 0.1) is 12.8 Å². The number of rotatable bonds is 3. The summed E-state index contributed by atoms with van der Waals surface area (Å²) in [4.78, 5) is 0. The van der Waals surface area contributed by atoms with Crippen LogP contribution in [0.3, 0.4) is 0 Å². The van der Waals surface area contributed by atoms with Crippen molar-refractivity contribution >= 4 is 0 Å². The van der Waals surface area contributed by atoms with Gasteiger partial charge in [0, 0.05) is 5.41 Å². The molecule has 0 radical (unpaired) electrons.